The molecule has 2 N–H and O–H groups in total. The molecular formula is C21H23N5O. The number of imidazole rings is 1. The third kappa shape index (κ3) is 2.73. The Morgan fingerprint density at radius 3 is 2.52 bits per heavy atom. The van der Waals surface area contributed by atoms with Crippen LogP contribution in [-0.4, -0.2) is 36.6 Å². The number of hydrogen-bond donors (Lipinski definition) is 2. The molecule has 0 unspecified atom stereocenters. The van der Waals surface area contributed by atoms with Crippen molar-refractivity contribution in [1.82, 2.24) is 14.9 Å². The van der Waals surface area contributed by atoms with Crippen LogP contribution in [0.5, 0.6) is 0 Å². The number of hydrogen-bond acceptors (Lipinski definition) is 4. The van der Waals surface area contributed by atoms with E-state index >= 15 is 0 Å². The monoisotopic (exact) mass is 361 g/mol. The van der Waals surface area contributed by atoms with Gasteiger partial charge in [-0.3, -0.25) is 9.36 Å². The Balaban J connectivity index is 1.95. The molecule has 3 aromatic rings. The highest BCUT2D eigenvalue weighted by Crippen LogP contribution is 2.39. The molecule has 6 nitrogen and oxygen atoms in total. The second kappa shape index (κ2) is 6.46. The van der Waals surface area contributed by atoms with Crippen molar-refractivity contribution in [3.63, 3.8) is 0 Å². The standard InChI is InChI=1S/C21H23N5O/c1-13-18(20(27)22-2)19(14-9-11-15(12-10-14)25(3)4)26-17-8-6-5-7-16(17)24-21(26)23-13/h5-12,19H,1-4H3,(H,22,27)(H,23,24)/t19-/m0/s1. The van der Waals surface area contributed by atoms with Crippen LogP contribution in [0.25, 0.3) is 11.0 Å². The van der Waals surface area contributed by atoms with E-state index in [1.807, 2.05) is 45.3 Å². The molecule has 4 rings (SSSR count). The van der Waals surface area contributed by atoms with E-state index in [0.29, 0.717) is 5.57 Å². The summed E-state index contributed by atoms with van der Waals surface area (Å²) < 4.78 is 2.11. The molecular weight excluding hydrogens is 338 g/mol. The summed E-state index contributed by atoms with van der Waals surface area (Å²) >= 11 is 0. The number of carbonyl (C=O) groups is 1. The average Bonchev–Trinajstić information content (AvgIpc) is 3.04. The molecule has 6 heteroatoms. The van der Waals surface area contributed by atoms with E-state index in [4.69, 9.17) is 4.98 Å². The summed E-state index contributed by atoms with van der Waals surface area (Å²) in [6.07, 6.45) is 0. The van der Waals surface area contributed by atoms with Gasteiger partial charge in [0.2, 0.25) is 5.95 Å². The third-order valence-corrected chi connectivity index (χ3v) is 5.03. The lowest BCUT2D eigenvalue weighted by Gasteiger charge is -2.30. The van der Waals surface area contributed by atoms with Gasteiger partial charge < -0.3 is 15.5 Å². The smallest absolute Gasteiger partial charge is 0.251 e. The predicted octanol–water partition coefficient (Wildman–Crippen LogP) is 3.14. The van der Waals surface area contributed by atoms with Gasteiger partial charge in [0.15, 0.2) is 0 Å². The number of fused-ring (bicyclic) bond motifs is 3. The molecule has 138 valence electrons. The summed E-state index contributed by atoms with van der Waals surface area (Å²) in [4.78, 5) is 19.5. The molecule has 2 aromatic carbocycles. The van der Waals surface area contributed by atoms with Crippen molar-refractivity contribution in [2.24, 2.45) is 0 Å². The van der Waals surface area contributed by atoms with E-state index in [-0.39, 0.29) is 11.9 Å². The van der Waals surface area contributed by atoms with Gasteiger partial charge in [0.1, 0.15) is 0 Å². The summed E-state index contributed by atoms with van der Waals surface area (Å²) in [5.74, 6) is 0.660. The van der Waals surface area contributed by atoms with Crippen LogP contribution in [0.3, 0.4) is 0 Å². The third-order valence-electron chi connectivity index (χ3n) is 5.03. The molecule has 0 saturated carbocycles. The van der Waals surface area contributed by atoms with Crippen molar-refractivity contribution in [3.8, 4) is 0 Å². The molecule has 0 saturated heterocycles. The number of aromatic nitrogens is 2. The van der Waals surface area contributed by atoms with Gasteiger partial charge in [0.05, 0.1) is 22.6 Å². The zero-order chi connectivity index (χ0) is 19.1. The van der Waals surface area contributed by atoms with Crippen molar-refractivity contribution in [3.05, 3.63) is 65.4 Å². The molecule has 0 bridgehead atoms. The number of amides is 1. The molecule has 0 spiro atoms. The van der Waals surface area contributed by atoms with Gasteiger partial charge in [-0.15, -0.1) is 0 Å². The first-order valence-electron chi connectivity index (χ1n) is 8.95. The number of para-hydroxylation sites is 2. The Morgan fingerprint density at radius 1 is 1.15 bits per heavy atom. The van der Waals surface area contributed by atoms with Gasteiger partial charge in [-0.1, -0.05) is 24.3 Å². The van der Waals surface area contributed by atoms with Crippen molar-refractivity contribution >= 4 is 28.6 Å². The highest BCUT2D eigenvalue weighted by atomic mass is 16.1. The lowest BCUT2D eigenvalue weighted by atomic mass is 9.94. The summed E-state index contributed by atoms with van der Waals surface area (Å²) in [6.45, 7) is 1.93. The fourth-order valence-corrected chi connectivity index (χ4v) is 3.66. The Labute approximate surface area is 158 Å². The van der Waals surface area contributed by atoms with Gasteiger partial charge in [0, 0.05) is 32.5 Å². The number of allylic oxidation sites excluding steroid dienone is 1. The lowest BCUT2D eigenvalue weighted by molar-refractivity contribution is -0.117. The number of nitrogens with zero attached hydrogens (tertiary/aromatic N) is 3. The van der Waals surface area contributed by atoms with Crippen LogP contribution in [0, 0.1) is 0 Å². The van der Waals surface area contributed by atoms with E-state index < -0.39 is 0 Å². The Hall–Kier alpha value is -3.28. The van der Waals surface area contributed by atoms with Gasteiger partial charge in [-0.2, -0.15) is 0 Å². The van der Waals surface area contributed by atoms with E-state index in [1.165, 1.54) is 0 Å². The first-order valence-corrected chi connectivity index (χ1v) is 8.95. The molecule has 1 atom stereocenters. The maximum absolute atomic E-state index is 12.8. The molecule has 1 aliphatic heterocycles. The average molecular weight is 361 g/mol. The summed E-state index contributed by atoms with van der Waals surface area (Å²) in [5.41, 5.74) is 5.58. The normalized spacial score (nSPS) is 16.1. The van der Waals surface area contributed by atoms with Crippen molar-refractivity contribution in [2.75, 3.05) is 31.4 Å². The minimum Gasteiger partial charge on any atom is -0.378 e. The van der Waals surface area contributed by atoms with Crippen LogP contribution in [0.4, 0.5) is 11.6 Å². The lowest BCUT2D eigenvalue weighted by Crippen LogP contribution is -2.33. The van der Waals surface area contributed by atoms with Crippen molar-refractivity contribution < 1.29 is 4.79 Å². The predicted molar refractivity (Wildman–Crippen MR) is 109 cm³/mol. The quantitative estimate of drug-likeness (QED) is 0.752. The highest BCUT2D eigenvalue weighted by Gasteiger charge is 2.33. The van der Waals surface area contributed by atoms with Crippen LogP contribution in [0.2, 0.25) is 0 Å². The number of carbonyl (C=O) groups excluding carboxylic acids is 1. The Bertz CT molecular complexity index is 1050. The fraction of sp³-hybridized carbons (Fsp3) is 0.238. The maximum atomic E-state index is 12.8. The van der Waals surface area contributed by atoms with E-state index in [2.05, 4.69) is 44.4 Å². The number of benzene rings is 2. The topological polar surface area (TPSA) is 62.2 Å². The summed E-state index contributed by atoms with van der Waals surface area (Å²) in [7, 11) is 5.69. The van der Waals surface area contributed by atoms with Gasteiger partial charge in [-0.05, 0) is 36.8 Å². The van der Waals surface area contributed by atoms with Crippen LogP contribution < -0.4 is 15.5 Å². The largest absolute Gasteiger partial charge is 0.378 e. The minimum atomic E-state index is -0.246. The molecule has 0 radical (unpaired) electrons. The second-order valence-corrected chi connectivity index (χ2v) is 6.93. The van der Waals surface area contributed by atoms with Crippen LogP contribution in [0.1, 0.15) is 18.5 Å². The Kier molecular flexibility index (Phi) is 4.11. The zero-order valence-electron chi connectivity index (χ0n) is 15.9. The highest BCUT2D eigenvalue weighted by molar-refractivity contribution is 5.97. The molecule has 27 heavy (non-hydrogen) atoms. The Morgan fingerprint density at radius 2 is 1.85 bits per heavy atom. The number of likely N-dealkylation sites (N-methyl/N-ethyl adjacent to an activating group) is 1. The number of rotatable bonds is 3. The number of anilines is 2. The molecule has 2 heterocycles. The fourth-order valence-electron chi connectivity index (χ4n) is 3.66. The van der Waals surface area contributed by atoms with Crippen molar-refractivity contribution in [1.29, 1.82) is 0 Å². The van der Waals surface area contributed by atoms with Crippen LogP contribution >= 0.6 is 0 Å². The van der Waals surface area contributed by atoms with E-state index in [1.54, 1.807) is 7.05 Å². The molecule has 1 amide bonds. The van der Waals surface area contributed by atoms with Gasteiger partial charge >= 0.3 is 0 Å². The van der Waals surface area contributed by atoms with Crippen LogP contribution in [-0.2, 0) is 4.79 Å². The maximum Gasteiger partial charge on any atom is 0.251 e. The first-order chi connectivity index (χ1) is 13.0. The number of nitrogens with one attached hydrogen (secondary N) is 2. The summed E-state index contributed by atoms with van der Waals surface area (Å²) in [5, 5.41) is 6.09. The van der Waals surface area contributed by atoms with Gasteiger partial charge in [-0.25, -0.2) is 4.98 Å². The molecule has 1 aromatic heterocycles. The van der Waals surface area contributed by atoms with Crippen molar-refractivity contribution in [2.45, 2.75) is 13.0 Å². The molecule has 0 fully saturated rings. The second-order valence-electron chi connectivity index (χ2n) is 6.93. The zero-order valence-corrected chi connectivity index (χ0v) is 15.9. The SMILES string of the molecule is CNC(=O)C1=C(C)Nc2nc3ccccc3n2[C@H]1c1ccc(N(C)C)cc1. The van der Waals surface area contributed by atoms with E-state index in [9.17, 15) is 4.79 Å². The van der Waals surface area contributed by atoms with Gasteiger partial charge in [0.25, 0.3) is 5.91 Å². The van der Waals surface area contributed by atoms with E-state index in [0.717, 1.165) is 33.9 Å². The minimum absolute atomic E-state index is 0.0925. The first kappa shape index (κ1) is 17.1. The molecule has 1 aliphatic rings. The van der Waals surface area contributed by atoms with Crippen LogP contribution in [0.15, 0.2) is 59.8 Å². The molecule has 0 aliphatic carbocycles. The summed E-state index contributed by atoms with van der Waals surface area (Å²) in [6, 6.07) is 16.1.